The van der Waals surface area contributed by atoms with Crippen molar-refractivity contribution in [2.45, 2.75) is 52.4 Å². The minimum atomic E-state index is -0.0175. The van der Waals surface area contributed by atoms with Crippen LogP contribution in [-0.4, -0.2) is 4.57 Å². The van der Waals surface area contributed by atoms with Crippen molar-refractivity contribution in [1.29, 1.82) is 0 Å². The fourth-order valence-corrected chi connectivity index (χ4v) is 10.1. The molecule has 2 nitrogen and oxygen atoms in total. The van der Waals surface area contributed by atoms with Crippen molar-refractivity contribution in [2.75, 3.05) is 4.90 Å². The molecule has 68 heavy (non-hydrogen) atoms. The first-order chi connectivity index (χ1) is 33.0. The Morgan fingerprint density at radius 2 is 0.897 bits per heavy atom. The number of rotatable bonds is 8. The Bertz CT molecular complexity index is 3580. The van der Waals surface area contributed by atoms with Gasteiger partial charge in [-0.2, -0.15) is 0 Å². The van der Waals surface area contributed by atoms with Gasteiger partial charge in [-0.3, -0.25) is 0 Å². The summed E-state index contributed by atoms with van der Waals surface area (Å²) in [6.45, 7) is 13.9. The van der Waals surface area contributed by atoms with E-state index in [1.54, 1.807) is 0 Å². The van der Waals surface area contributed by atoms with Gasteiger partial charge in [0, 0.05) is 33.3 Å². The third-order valence-electron chi connectivity index (χ3n) is 13.7. The smallest absolute Gasteiger partial charge is 0.0561 e. The van der Waals surface area contributed by atoms with Gasteiger partial charge in [0.1, 0.15) is 0 Å². The molecule has 0 aliphatic heterocycles. The van der Waals surface area contributed by atoms with E-state index in [0.717, 1.165) is 45.0 Å². The molecule has 0 aliphatic carbocycles. The molecule has 11 rings (SSSR count). The van der Waals surface area contributed by atoms with E-state index in [4.69, 9.17) is 0 Å². The molecule has 0 aliphatic rings. The molecule has 0 amide bonds. The molecule has 0 radical (unpaired) electrons. The van der Waals surface area contributed by atoms with E-state index in [-0.39, 0.29) is 10.8 Å². The Hall–Kier alpha value is -7.94. The summed E-state index contributed by atoms with van der Waals surface area (Å²) in [7, 11) is 0. The van der Waals surface area contributed by atoms with Gasteiger partial charge in [-0.05, 0) is 115 Å². The second-order valence-corrected chi connectivity index (χ2v) is 20.2. The zero-order valence-corrected chi connectivity index (χ0v) is 39.8. The minimum Gasteiger partial charge on any atom is -0.309 e. The van der Waals surface area contributed by atoms with Gasteiger partial charge in [-0.1, -0.05) is 224 Å². The van der Waals surface area contributed by atoms with Crippen molar-refractivity contribution in [3.63, 3.8) is 0 Å². The maximum Gasteiger partial charge on any atom is 0.0561 e. The van der Waals surface area contributed by atoms with Gasteiger partial charge in [-0.15, -0.1) is 0 Å². The molecular formula is C66H56N2. The highest BCUT2D eigenvalue weighted by molar-refractivity contribution is 6.12. The van der Waals surface area contributed by atoms with Crippen molar-refractivity contribution in [3.8, 4) is 50.2 Å². The second kappa shape index (κ2) is 17.0. The number of hydrogen-bond acceptors (Lipinski definition) is 1. The van der Waals surface area contributed by atoms with Gasteiger partial charge in [0.15, 0.2) is 0 Å². The van der Waals surface area contributed by atoms with Crippen LogP contribution in [0.2, 0.25) is 0 Å². The van der Waals surface area contributed by atoms with Crippen LogP contribution in [-0.2, 0) is 10.8 Å². The average molecular weight is 877 g/mol. The molecule has 330 valence electrons. The highest BCUT2D eigenvalue weighted by Gasteiger charge is 2.26. The number of nitrogens with zero attached hydrogens (tertiary/aromatic N) is 2. The first kappa shape index (κ1) is 42.7. The number of aromatic nitrogens is 1. The van der Waals surface area contributed by atoms with Crippen LogP contribution >= 0.6 is 0 Å². The summed E-state index contributed by atoms with van der Waals surface area (Å²) in [5, 5.41) is 4.91. The normalized spacial score (nSPS) is 12.0. The molecule has 11 aromatic rings. The molecule has 1 heterocycles. The quantitative estimate of drug-likeness (QED) is 0.148. The summed E-state index contributed by atoms with van der Waals surface area (Å²) in [4.78, 5) is 2.51. The Morgan fingerprint density at radius 1 is 0.338 bits per heavy atom. The van der Waals surface area contributed by atoms with Crippen LogP contribution in [0.1, 0.15) is 52.7 Å². The SMILES string of the molecule is CC(C)(C)c1cc(-c2cccc3cccc(-c4ccccc4N(c4ccc5c6ccccc6n(-c6ccccc6)c5c4)c4ccc(-c5ccccc5)cc4-c4ccccc4)c23)cc(C(C)(C)C)c1. The fourth-order valence-electron chi connectivity index (χ4n) is 10.1. The monoisotopic (exact) mass is 876 g/mol. The van der Waals surface area contributed by atoms with E-state index in [2.05, 4.69) is 282 Å². The molecule has 0 N–H and O–H groups in total. The van der Waals surface area contributed by atoms with Crippen LogP contribution in [0.5, 0.6) is 0 Å². The van der Waals surface area contributed by atoms with Crippen molar-refractivity contribution >= 4 is 49.6 Å². The number of anilines is 3. The van der Waals surface area contributed by atoms with Gasteiger partial charge in [0.2, 0.25) is 0 Å². The van der Waals surface area contributed by atoms with E-state index in [0.29, 0.717) is 0 Å². The van der Waals surface area contributed by atoms with E-state index in [1.165, 1.54) is 66.0 Å². The fraction of sp³-hybridized carbons (Fsp3) is 0.121. The lowest BCUT2D eigenvalue weighted by Crippen LogP contribution is -2.16. The maximum absolute atomic E-state index is 2.51. The average Bonchev–Trinajstić information content (AvgIpc) is 3.70. The Kier molecular flexibility index (Phi) is 10.7. The Morgan fingerprint density at radius 3 is 1.59 bits per heavy atom. The largest absolute Gasteiger partial charge is 0.309 e. The molecule has 0 saturated carbocycles. The van der Waals surface area contributed by atoms with Crippen LogP contribution in [0.3, 0.4) is 0 Å². The van der Waals surface area contributed by atoms with Crippen LogP contribution < -0.4 is 4.90 Å². The topological polar surface area (TPSA) is 8.17 Å². The standard InChI is InChI=1S/C66H56N2/c1-65(2,3)50-40-49(41-51(43-50)66(4,5)6)54-32-20-26-47-27-21-33-58(64(47)54)56-31-17-19-35-61(56)68(62-39-36-48(45-22-10-7-11-23-45)42-59(62)46-24-12-8-13-25-46)53-37-38-57-55-30-16-18-34-60(55)67(63(57)44-53)52-28-14-9-15-29-52/h7-44H,1-6H3. The minimum absolute atomic E-state index is 0.0175. The Balaban J connectivity index is 1.21. The summed E-state index contributed by atoms with van der Waals surface area (Å²) in [5.74, 6) is 0. The summed E-state index contributed by atoms with van der Waals surface area (Å²) >= 11 is 0. The van der Waals surface area contributed by atoms with Crippen molar-refractivity contribution in [1.82, 2.24) is 4.57 Å². The van der Waals surface area contributed by atoms with Crippen LogP contribution in [0.25, 0.3) is 82.8 Å². The van der Waals surface area contributed by atoms with Gasteiger partial charge in [0.05, 0.1) is 22.4 Å². The molecule has 0 atom stereocenters. The molecule has 0 saturated heterocycles. The van der Waals surface area contributed by atoms with Crippen LogP contribution in [0.4, 0.5) is 17.1 Å². The molecule has 10 aromatic carbocycles. The second-order valence-electron chi connectivity index (χ2n) is 20.2. The van der Waals surface area contributed by atoms with E-state index < -0.39 is 0 Å². The first-order valence-electron chi connectivity index (χ1n) is 23.9. The molecular weight excluding hydrogens is 821 g/mol. The van der Waals surface area contributed by atoms with Crippen LogP contribution in [0.15, 0.2) is 231 Å². The van der Waals surface area contributed by atoms with Crippen molar-refractivity contribution in [2.24, 2.45) is 0 Å². The van der Waals surface area contributed by atoms with Gasteiger partial charge < -0.3 is 9.47 Å². The lowest BCUT2D eigenvalue weighted by molar-refractivity contribution is 0.569. The predicted octanol–water partition coefficient (Wildman–Crippen LogP) is 18.7. The highest BCUT2D eigenvalue weighted by atomic mass is 15.1. The van der Waals surface area contributed by atoms with Gasteiger partial charge in [-0.25, -0.2) is 0 Å². The number of fused-ring (bicyclic) bond motifs is 4. The van der Waals surface area contributed by atoms with E-state index in [1.807, 2.05) is 0 Å². The van der Waals surface area contributed by atoms with Crippen molar-refractivity contribution in [3.05, 3.63) is 242 Å². The molecule has 0 fully saturated rings. The number of para-hydroxylation sites is 3. The molecule has 0 spiro atoms. The molecule has 2 heteroatoms. The zero-order valence-electron chi connectivity index (χ0n) is 39.8. The van der Waals surface area contributed by atoms with Gasteiger partial charge in [0.25, 0.3) is 0 Å². The third kappa shape index (κ3) is 7.76. The molecule has 0 bridgehead atoms. The van der Waals surface area contributed by atoms with E-state index >= 15 is 0 Å². The summed E-state index contributed by atoms with van der Waals surface area (Å²) in [6.07, 6.45) is 0. The number of benzene rings is 10. The number of hydrogen-bond donors (Lipinski definition) is 0. The summed E-state index contributed by atoms with van der Waals surface area (Å²) in [5.41, 5.74) is 18.9. The lowest BCUT2D eigenvalue weighted by atomic mass is 9.78. The zero-order chi connectivity index (χ0) is 46.6. The van der Waals surface area contributed by atoms with Crippen molar-refractivity contribution < 1.29 is 0 Å². The summed E-state index contributed by atoms with van der Waals surface area (Å²) in [6, 6.07) is 85.2. The third-order valence-corrected chi connectivity index (χ3v) is 13.7. The lowest BCUT2D eigenvalue weighted by Gasteiger charge is -2.31. The molecule has 0 unspecified atom stereocenters. The highest BCUT2D eigenvalue weighted by Crippen LogP contribution is 2.49. The van der Waals surface area contributed by atoms with E-state index in [9.17, 15) is 0 Å². The maximum atomic E-state index is 2.51. The Labute approximate surface area is 401 Å². The first-order valence-corrected chi connectivity index (χ1v) is 23.9. The molecule has 1 aromatic heterocycles. The van der Waals surface area contributed by atoms with Gasteiger partial charge >= 0.3 is 0 Å². The van der Waals surface area contributed by atoms with Crippen LogP contribution in [0, 0.1) is 0 Å². The predicted molar refractivity (Wildman–Crippen MR) is 292 cm³/mol. The summed E-state index contributed by atoms with van der Waals surface area (Å²) < 4.78 is 2.42.